The third kappa shape index (κ3) is 2.17. The highest BCUT2D eigenvalue weighted by Crippen LogP contribution is 2.41. The molecule has 24 heavy (non-hydrogen) atoms. The fourth-order valence-electron chi connectivity index (χ4n) is 4.08. The van der Waals surface area contributed by atoms with Crippen LogP contribution in [-0.4, -0.2) is 29.5 Å². The monoisotopic (exact) mass is 323 g/mol. The second-order valence-electron chi connectivity index (χ2n) is 6.73. The minimum Gasteiger partial charge on any atom is -0.622 e. The van der Waals surface area contributed by atoms with Crippen molar-refractivity contribution in [2.45, 2.75) is 25.8 Å². The molecule has 0 saturated carbocycles. The van der Waals surface area contributed by atoms with Crippen LogP contribution in [0, 0.1) is 5.21 Å². The zero-order valence-electron chi connectivity index (χ0n) is 13.9. The van der Waals surface area contributed by atoms with E-state index in [-0.39, 0.29) is 16.8 Å². The maximum absolute atomic E-state index is 12.7. The molecule has 2 unspecified atom stereocenters. The molecule has 2 heterocycles. The zero-order valence-corrected chi connectivity index (χ0v) is 13.9. The van der Waals surface area contributed by atoms with Crippen molar-refractivity contribution < 1.29 is 10.3 Å². The molecule has 2 aliphatic heterocycles. The van der Waals surface area contributed by atoms with Crippen LogP contribution in [0.5, 0.6) is 0 Å². The van der Waals surface area contributed by atoms with Crippen molar-refractivity contribution in [1.82, 2.24) is 4.90 Å². The van der Waals surface area contributed by atoms with Crippen molar-refractivity contribution in [3.05, 3.63) is 58.3 Å². The molecule has 0 amide bonds. The Balaban J connectivity index is 2.00. The molecular weight excluding hydrogens is 302 g/mol. The zero-order chi connectivity index (χ0) is 16.8. The van der Waals surface area contributed by atoms with E-state index < -0.39 is 0 Å². The summed E-state index contributed by atoms with van der Waals surface area (Å²) in [5.41, 5.74) is 6.59. The van der Waals surface area contributed by atoms with Crippen LogP contribution in [0.15, 0.2) is 41.6 Å². The maximum Gasteiger partial charge on any atom is 0.248 e. The van der Waals surface area contributed by atoms with Crippen molar-refractivity contribution in [2.24, 2.45) is 5.16 Å². The summed E-state index contributed by atoms with van der Waals surface area (Å²) in [7, 11) is 2.13. The van der Waals surface area contributed by atoms with Gasteiger partial charge in [0.1, 0.15) is 5.69 Å². The highest BCUT2D eigenvalue weighted by Gasteiger charge is 2.39. The molecule has 5 nitrogen and oxygen atoms in total. The largest absolute Gasteiger partial charge is 0.622 e. The summed E-state index contributed by atoms with van der Waals surface area (Å²) in [6, 6.07) is 12.2. The van der Waals surface area contributed by atoms with Crippen LogP contribution in [0.25, 0.3) is 11.1 Å². The number of nitrogens with one attached hydrogen (secondary N) is 1. The van der Waals surface area contributed by atoms with E-state index in [2.05, 4.69) is 29.2 Å². The van der Waals surface area contributed by atoms with Gasteiger partial charge in [0.25, 0.3) is 0 Å². The molecule has 2 aromatic rings. The van der Waals surface area contributed by atoms with E-state index in [0.29, 0.717) is 5.69 Å². The molecule has 0 aliphatic carbocycles. The van der Waals surface area contributed by atoms with E-state index >= 15 is 0 Å². The first-order chi connectivity index (χ1) is 11.6. The van der Waals surface area contributed by atoms with Gasteiger partial charge in [-0.3, -0.25) is 5.06 Å². The molecule has 2 N–H and O–H groups in total. The molecule has 0 radical (unpaired) electrons. The summed E-state index contributed by atoms with van der Waals surface area (Å²) in [6.45, 7) is 3.81. The third-order valence-electron chi connectivity index (χ3n) is 5.28. The average molecular weight is 323 g/mol. The van der Waals surface area contributed by atoms with E-state index in [1.165, 1.54) is 11.1 Å². The summed E-state index contributed by atoms with van der Waals surface area (Å²) in [5, 5.41) is 25.1. The van der Waals surface area contributed by atoms with Gasteiger partial charge >= 0.3 is 0 Å². The van der Waals surface area contributed by atoms with Crippen LogP contribution < -0.4 is 5.06 Å². The number of nitrogens with zero attached hydrogens (tertiary/aromatic N) is 2. The summed E-state index contributed by atoms with van der Waals surface area (Å²) < 4.78 is 0. The normalized spacial score (nSPS) is 24.9. The quantitative estimate of drug-likeness (QED) is 0.481. The SMILES string of the molecule is CC1C(=NO)[NH+]([O-])c2cc(-c3ccccc3)c3c(c21)CCN(C)C3. The molecule has 5 heteroatoms. The lowest BCUT2D eigenvalue weighted by Gasteiger charge is -2.29. The van der Waals surface area contributed by atoms with E-state index in [4.69, 9.17) is 0 Å². The molecule has 124 valence electrons. The third-order valence-corrected chi connectivity index (χ3v) is 5.28. The van der Waals surface area contributed by atoms with Gasteiger partial charge in [-0.2, -0.15) is 0 Å². The summed E-state index contributed by atoms with van der Waals surface area (Å²) in [6.07, 6.45) is 0.922. The first kappa shape index (κ1) is 15.3. The molecule has 2 aliphatic rings. The fourth-order valence-corrected chi connectivity index (χ4v) is 4.08. The minimum atomic E-state index is -0.140. The van der Waals surface area contributed by atoms with Gasteiger partial charge in [0.15, 0.2) is 0 Å². The van der Waals surface area contributed by atoms with Gasteiger partial charge in [0, 0.05) is 24.7 Å². The maximum atomic E-state index is 12.7. The number of benzene rings is 2. The van der Waals surface area contributed by atoms with Crippen molar-refractivity contribution >= 4 is 11.5 Å². The summed E-state index contributed by atoms with van der Waals surface area (Å²) in [5.74, 6) is 0.121. The first-order valence-electron chi connectivity index (χ1n) is 8.31. The molecule has 4 rings (SSSR count). The number of hydrogen-bond donors (Lipinski definition) is 2. The van der Waals surface area contributed by atoms with Crippen molar-refractivity contribution in [3.8, 4) is 11.1 Å². The lowest BCUT2D eigenvalue weighted by Crippen LogP contribution is -3.03. The number of oxime groups is 1. The molecule has 0 aromatic heterocycles. The molecule has 2 aromatic carbocycles. The Morgan fingerprint density at radius 2 is 2.00 bits per heavy atom. The molecule has 0 saturated heterocycles. The van der Waals surface area contributed by atoms with E-state index in [1.54, 1.807) is 0 Å². The molecule has 0 fully saturated rings. The van der Waals surface area contributed by atoms with Crippen LogP contribution in [0.2, 0.25) is 0 Å². The molecule has 0 spiro atoms. The predicted octanol–water partition coefficient (Wildman–Crippen LogP) is 2.26. The lowest BCUT2D eigenvalue weighted by atomic mass is 9.84. The number of likely N-dealkylation sites (N-methyl/N-ethyl adjacent to an activating group) is 1. The van der Waals surface area contributed by atoms with Crippen molar-refractivity contribution in [1.29, 1.82) is 0 Å². The van der Waals surface area contributed by atoms with Gasteiger partial charge in [-0.05, 0) is 47.8 Å². The van der Waals surface area contributed by atoms with Crippen LogP contribution in [-0.2, 0) is 13.0 Å². The summed E-state index contributed by atoms with van der Waals surface area (Å²) in [4.78, 5) is 2.31. The Morgan fingerprint density at radius 3 is 2.71 bits per heavy atom. The number of rotatable bonds is 1. The van der Waals surface area contributed by atoms with Crippen LogP contribution in [0.1, 0.15) is 29.5 Å². The topological polar surface area (TPSA) is 63.3 Å². The van der Waals surface area contributed by atoms with Gasteiger partial charge in [-0.1, -0.05) is 30.3 Å². The minimum absolute atomic E-state index is 0.139. The second kappa shape index (κ2) is 5.70. The van der Waals surface area contributed by atoms with Crippen molar-refractivity contribution in [2.75, 3.05) is 13.6 Å². The number of amidine groups is 1. The Kier molecular flexibility index (Phi) is 3.64. The Bertz CT molecular complexity index is 817. The lowest BCUT2D eigenvalue weighted by molar-refractivity contribution is -0.666. The van der Waals surface area contributed by atoms with Crippen LogP contribution in [0.4, 0.5) is 5.69 Å². The molecule has 2 atom stereocenters. The van der Waals surface area contributed by atoms with E-state index in [9.17, 15) is 10.4 Å². The second-order valence-corrected chi connectivity index (χ2v) is 6.73. The van der Waals surface area contributed by atoms with Crippen LogP contribution in [0.3, 0.4) is 0 Å². The van der Waals surface area contributed by atoms with Crippen molar-refractivity contribution in [3.63, 3.8) is 0 Å². The van der Waals surface area contributed by atoms with E-state index in [1.807, 2.05) is 31.2 Å². The first-order valence-corrected chi connectivity index (χ1v) is 8.31. The molecular formula is C19H21N3O2. The van der Waals surface area contributed by atoms with Gasteiger partial charge in [0.05, 0.1) is 5.92 Å². The highest BCUT2D eigenvalue weighted by atomic mass is 16.5. The van der Waals surface area contributed by atoms with Gasteiger partial charge in [-0.15, -0.1) is 0 Å². The Hall–Kier alpha value is -2.21. The fraction of sp³-hybridized carbons (Fsp3) is 0.316. The number of fused-ring (bicyclic) bond motifs is 3. The summed E-state index contributed by atoms with van der Waals surface area (Å²) >= 11 is 0. The average Bonchev–Trinajstić information content (AvgIpc) is 2.85. The smallest absolute Gasteiger partial charge is 0.248 e. The van der Waals surface area contributed by atoms with Gasteiger partial charge in [0.2, 0.25) is 5.84 Å². The van der Waals surface area contributed by atoms with Gasteiger partial charge in [-0.25, -0.2) is 0 Å². The van der Waals surface area contributed by atoms with Gasteiger partial charge < -0.3 is 15.3 Å². The predicted molar refractivity (Wildman–Crippen MR) is 93.5 cm³/mol. The standard InChI is InChI=1S/C19H21N3O2/c1-12-18-14-8-9-21(2)11-16(14)15(13-6-4-3-5-7-13)10-17(18)22(24)19(12)20-23/h3-7,10,12,22-23H,8-9,11H2,1-2H3. The van der Waals surface area contributed by atoms with Crippen LogP contribution >= 0.6 is 0 Å². The molecule has 0 bridgehead atoms. The number of hydrogen-bond acceptors (Lipinski definition) is 4. The van der Waals surface area contributed by atoms with E-state index in [0.717, 1.165) is 36.2 Å². The number of hydroxylamine groups is 1. The number of quaternary nitrogens is 1. The highest BCUT2D eigenvalue weighted by molar-refractivity contribution is 5.91. The Morgan fingerprint density at radius 1 is 1.25 bits per heavy atom. The Labute approximate surface area is 141 Å².